The van der Waals surface area contributed by atoms with E-state index in [4.69, 9.17) is 10.2 Å². The third kappa shape index (κ3) is 4.35. The molecule has 32 heavy (non-hydrogen) atoms. The van der Waals surface area contributed by atoms with Crippen LogP contribution in [0.15, 0.2) is 64.0 Å². The number of aromatic nitrogens is 3. The van der Waals surface area contributed by atoms with E-state index in [1.54, 1.807) is 30.6 Å². The van der Waals surface area contributed by atoms with Gasteiger partial charge in [-0.05, 0) is 47.2 Å². The number of aromatic amines is 1. The van der Waals surface area contributed by atoms with Crippen molar-refractivity contribution in [3.8, 4) is 0 Å². The molecule has 1 aliphatic heterocycles. The van der Waals surface area contributed by atoms with Crippen LogP contribution in [0.4, 0.5) is 4.39 Å². The van der Waals surface area contributed by atoms with Gasteiger partial charge in [0, 0.05) is 30.2 Å². The smallest absolute Gasteiger partial charge is 0.169 e. The zero-order chi connectivity index (χ0) is 22.7. The Morgan fingerprint density at radius 1 is 1.34 bits per heavy atom. The lowest BCUT2D eigenvalue weighted by Gasteiger charge is -2.29. The number of nitrogens with one attached hydrogen (secondary N) is 1. The van der Waals surface area contributed by atoms with Crippen LogP contribution in [-0.4, -0.2) is 39.7 Å². The number of nitrogens with zero attached hydrogens (tertiary/aromatic N) is 3. The number of hydrogen-bond acceptors (Lipinski definition) is 6. The minimum atomic E-state index is -0.325. The highest BCUT2D eigenvalue weighted by Gasteiger charge is 2.31. The molecule has 0 radical (unpaired) electrons. The summed E-state index contributed by atoms with van der Waals surface area (Å²) >= 11 is 3.19. The van der Waals surface area contributed by atoms with Crippen molar-refractivity contribution in [3.63, 3.8) is 0 Å². The fourth-order valence-electron chi connectivity index (χ4n) is 3.68. The SMILES string of the molecule is CN1CCc2[nH]cnc2C1c1cc2cccc(F)c2o1.N/C=C(/C=O)c1cccc(Br)n1. The summed E-state index contributed by atoms with van der Waals surface area (Å²) in [7, 11) is 2.03. The van der Waals surface area contributed by atoms with Crippen molar-refractivity contribution in [2.75, 3.05) is 13.6 Å². The number of benzene rings is 1. The second-order valence-electron chi connectivity index (χ2n) is 7.29. The summed E-state index contributed by atoms with van der Waals surface area (Å²) in [6.07, 6.45) is 4.56. The number of allylic oxidation sites excluding steroid dienone is 1. The van der Waals surface area contributed by atoms with E-state index in [9.17, 15) is 9.18 Å². The van der Waals surface area contributed by atoms with Crippen LogP contribution in [0, 0.1) is 5.82 Å². The summed E-state index contributed by atoms with van der Waals surface area (Å²) in [6, 6.07) is 12.1. The van der Waals surface area contributed by atoms with Crippen LogP contribution in [0.2, 0.25) is 0 Å². The fraction of sp³-hybridized carbons (Fsp3) is 0.174. The molecule has 0 saturated carbocycles. The van der Waals surface area contributed by atoms with Gasteiger partial charge in [0.25, 0.3) is 0 Å². The van der Waals surface area contributed by atoms with Crippen molar-refractivity contribution in [1.29, 1.82) is 0 Å². The molecule has 9 heteroatoms. The number of para-hydroxylation sites is 1. The number of carbonyl (C=O) groups excluding carboxylic acids is 1. The van der Waals surface area contributed by atoms with Crippen molar-refractivity contribution in [3.05, 3.63) is 88.3 Å². The second-order valence-corrected chi connectivity index (χ2v) is 8.10. The Bertz CT molecular complexity index is 1280. The summed E-state index contributed by atoms with van der Waals surface area (Å²) in [5.74, 6) is 0.412. The second kappa shape index (κ2) is 9.46. The molecular weight excluding hydrogens is 477 g/mol. The van der Waals surface area contributed by atoms with Gasteiger partial charge in [0.05, 0.1) is 23.3 Å². The Morgan fingerprint density at radius 3 is 2.88 bits per heavy atom. The molecule has 1 atom stereocenters. The van der Waals surface area contributed by atoms with Crippen LogP contribution >= 0.6 is 15.9 Å². The first-order chi connectivity index (χ1) is 15.5. The number of rotatable bonds is 3. The van der Waals surface area contributed by atoms with E-state index in [1.165, 1.54) is 12.3 Å². The summed E-state index contributed by atoms with van der Waals surface area (Å²) in [6.45, 7) is 0.916. The van der Waals surface area contributed by atoms with Gasteiger partial charge < -0.3 is 15.1 Å². The van der Waals surface area contributed by atoms with Gasteiger partial charge in [0.15, 0.2) is 17.7 Å². The molecule has 0 saturated heterocycles. The maximum Gasteiger partial charge on any atom is 0.169 e. The Balaban J connectivity index is 0.000000176. The Morgan fingerprint density at radius 2 is 2.16 bits per heavy atom. The van der Waals surface area contributed by atoms with Gasteiger partial charge in [-0.25, -0.2) is 14.4 Å². The lowest BCUT2D eigenvalue weighted by atomic mass is 10.0. The van der Waals surface area contributed by atoms with Gasteiger partial charge in [-0.15, -0.1) is 0 Å². The van der Waals surface area contributed by atoms with Crippen molar-refractivity contribution in [1.82, 2.24) is 19.9 Å². The van der Waals surface area contributed by atoms with Gasteiger partial charge in [-0.3, -0.25) is 9.69 Å². The predicted molar refractivity (Wildman–Crippen MR) is 123 cm³/mol. The number of aldehydes is 1. The molecule has 1 aromatic carbocycles. The minimum absolute atomic E-state index is 0.0585. The third-order valence-corrected chi connectivity index (χ3v) is 5.71. The summed E-state index contributed by atoms with van der Waals surface area (Å²) < 4.78 is 20.2. The lowest BCUT2D eigenvalue weighted by Crippen LogP contribution is -2.32. The van der Waals surface area contributed by atoms with Crippen LogP contribution in [0.3, 0.4) is 0 Å². The molecular formula is C23H21BrFN5O2. The van der Waals surface area contributed by atoms with E-state index in [1.807, 2.05) is 19.2 Å². The first kappa shape index (κ1) is 21.9. The van der Waals surface area contributed by atoms with E-state index >= 15 is 0 Å². The van der Waals surface area contributed by atoms with Crippen molar-refractivity contribution >= 4 is 38.8 Å². The van der Waals surface area contributed by atoms with Gasteiger partial charge in [0.1, 0.15) is 16.4 Å². The van der Waals surface area contributed by atoms with Gasteiger partial charge in [-0.2, -0.15) is 0 Å². The standard InChI is InChI=1S/C15H14FN3O.C8H7BrN2O/c1-19-6-5-11-13(18-8-17-11)14(19)12-7-9-3-2-4-10(16)15(9)20-12;9-8-3-1-2-7(11-8)6(4-10)5-12/h2-4,7-8,14H,5-6H2,1H3,(H,17,18);1-5H,10H2/b;6-4-. The van der Waals surface area contributed by atoms with Gasteiger partial charge in [-0.1, -0.05) is 18.2 Å². The molecule has 0 spiro atoms. The zero-order valence-corrected chi connectivity index (χ0v) is 18.8. The Kier molecular flexibility index (Phi) is 6.48. The van der Waals surface area contributed by atoms with Crippen LogP contribution in [0.1, 0.15) is 28.9 Å². The molecule has 5 rings (SSSR count). The fourth-order valence-corrected chi connectivity index (χ4v) is 4.03. The van der Waals surface area contributed by atoms with E-state index in [0.717, 1.165) is 35.5 Å². The number of hydrogen-bond donors (Lipinski definition) is 2. The molecule has 0 fully saturated rings. The number of likely N-dealkylation sites (N-methyl/N-ethyl adjacent to an activating group) is 1. The number of nitrogens with two attached hydrogens (primary N) is 1. The van der Waals surface area contributed by atoms with E-state index < -0.39 is 0 Å². The molecule has 4 aromatic rings. The maximum atomic E-state index is 13.8. The number of carbonyl (C=O) groups is 1. The Labute approximate surface area is 192 Å². The van der Waals surface area contributed by atoms with E-state index in [-0.39, 0.29) is 11.9 Å². The van der Waals surface area contributed by atoms with Crippen molar-refractivity contribution < 1.29 is 13.6 Å². The van der Waals surface area contributed by atoms with Crippen LogP contribution in [0.25, 0.3) is 16.5 Å². The Hall–Kier alpha value is -3.30. The molecule has 4 heterocycles. The van der Waals surface area contributed by atoms with E-state index in [2.05, 4.69) is 35.8 Å². The zero-order valence-electron chi connectivity index (χ0n) is 17.3. The number of imidazole rings is 1. The molecule has 3 N–H and O–H groups in total. The largest absolute Gasteiger partial charge is 0.456 e. The van der Waals surface area contributed by atoms with Crippen LogP contribution in [-0.2, 0) is 11.2 Å². The first-order valence-electron chi connectivity index (χ1n) is 9.92. The highest BCUT2D eigenvalue weighted by atomic mass is 79.9. The number of fused-ring (bicyclic) bond motifs is 2. The number of halogens is 2. The summed E-state index contributed by atoms with van der Waals surface area (Å²) in [4.78, 5) is 24.3. The average molecular weight is 498 g/mol. The minimum Gasteiger partial charge on any atom is -0.456 e. The molecule has 164 valence electrons. The predicted octanol–water partition coefficient (Wildman–Crippen LogP) is 4.21. The highest BCUT2D eigenvalue weighted by molar-refractivity contribution is 9.10. The quantitative estimate of drug-likeness (QED) is 0.249. The summed E-state index contributed by atoms with van der Waals surface area (Å²) in [5, 5.41) is 0.788. The van der Waals surface area contributed by atoms with Crippen molar-refractivity contribution in [2.45, 2.75) is 12.5 Å². The molecule has 1 aliphatic rings. The van der Waals surface area contributed by atoms with Crippen LogP contribution < -0.4 is 5.73 Å². The lowest BCUT2D eigenvalue weighted by molar-refractivity contribution is -0.103. The van der Waals surface area contributed by atoms with Gasteiger partial charge >= 0.3 is 0 Å². The molecule has 0 amide bonds. The van der Waals surface area contributed by atoms with Gasteiger partial charge in [0.2, 0.25) is 0 Å². The molecule has 0 bridgehead atoms. The highest BCUT2D eigenvalue weighted by Crippen LogP contribution is 2.35. The van der Waals surface area contributed by atoms with Crippen LogP contribution in [0.5, 0.6) is 0 Å². The molecule has 3 aromatic heterocycles. The average Bonchev–Trinajstić information content (AvgIpc) is 3.43. The monoisotopic (exact) mass is 497 g/mol. The third-order valence-electron chi connectivity index (χ3n) is 5.27. The number of pyridine rings is 1. The topological polar surface area (TPSA) is 101 Å². The normalized spacial score (nSPS) is 16.3. The van der Waals surface area contributed by atoms with Crippen molar-refractivity contribution in [2.24, 2.45) is 5.73 Å². The first-order valence-corrected chi connectivity index (χ1v) is 10.7. The molecule has 1 unspecified atom stereocenters. The molecule has 7 nitrogen and oxygen atoms in total. The number of H-pyrrole nitrogens is 1. The summed E-state index contributed by atoms with van der Waals surface area (Å²) in [5.41, 5.74) is 8.60. The maximum absolute atomic E-state index is 13.8. The number of furan rings is 1. The van der Waals surface area contributed by atoms with E-state index in [0.29, 0.717) is 27.7 Å². The molecule has 0 aliphatic carbocycles.